The number of carbonyl (C=O) groups excluding carboxylic acids is 1. The van der Waals surface area contributed by atoms with Gasteiger partial charge in [-0.1, -0.05) is 32.9 Å². The first-order valence-corrected chi connectivity index (χ1v) is 9.44. The van der Waals surface area contributed by atoms with Crippen molar-refractivity contribution in [1.29, 1.82) is 0 Å². The third-order valence-corrected chi connectivity index (χ3v) is 6.22. The van der Waals surface area contributed by atoms with Crippen molar-refractivity contribution in [3.05, 3.63) is 51.7 Å². The van der Waals surface area contributed by atoms with Gasteiger partial charge < -0.3 is 10.4 Å². The maximum Gasteiger partial charge on any atom is 0.339 e. The van der Waals surface area contributed by atoms with Gasteiger partial charge in [0.2, 0.25) is 0 Å². The van der Waals surface area contributed by atoms with Crippen LogP contribution in [0.1, 0.15) is 58.3 Å². The Balaban J connectivity index is 1.94. The fourth-order valence-corrected chi connectivity index (χ4v) is 4.77. The summed E-state index contributed by atoms with van der Waals surface area (Å²) in [6, 6.07) is 5.67. The minimum absolute atomic E-state index is 0.0946. The molecule has 2 aromatic rings. The number of rotatable bonds is 3. The van der Waals surface area contributed by atoms with Crippen LogP contribution in [-0.4, -0.2) is 17.0 Å². The molecule has 26 heavy (non-hydrogen) atoms. The lowest BCUT2D eigenvalue weighted by molar-refractivity contribution is 0.0696. The van der Waals surface area contributed by atoms with Gasteiger partial charge >= 0.3 is 5.97 Å². The van der Waals surface area contributed by atoms with E-state index in [0.717, 1.165) is 23.3 Å². The Hall–Kier alpha value is -2.21. The number of aromatic carboxylic acids is 1. The molecule has 1 amide bonds. The number of halogens is 1. The quantitative estimate of drug-likeness (QED) is 0.794. The Morgan fingerprint density at radius 2 is 1.96 bits per heavy atom. The maximum absolute atomic E-state index is 13.8. The molecule has 3 rings (SSSR count). The zero-order valence-electron chi connectivity index (χ0n) is 15.1. The van der Waals surface area contributed by atoms with E-state index in [1.54, 1.807) is 6.07 Å². The van der Waals surface area contributed by atoms with Crippen LogP contribution in [0.3, 0.4) is 0 Å². The lowest BCUT2D eigenvalue weighted by Crippen LogP contribution is -2.26. The molecular formula is C20H22FNO3S. The van der Waals surface area contributed by atoms with E-state index in [4.69, 9.17) is 0 Å². The van der Waals surface area contributed by atoms with Crippen LogP contribution in [0.25, 0.3) is 0 Å². The SMILES string of the molecule is CC(C)(C)[C@@H]1CCc2c(sc(NC(=O)c3ccccc3F)c2C(=O)O)C1. The van der Waals surface area contributed by atoms with Gasteiger partial charge in [0, 0.05) is 4.88 Å². The van der Waals surface area contributed by atoms with Crippen molar-refractivity contribution in [2.24, 2.45) is 11.3 Å². The number of nitrogens with one attached hydrogen (secondary N) is 1. The molecular weight excluding hydrogens is 353 g/mol. The zero-order valence-corrected chi connectivity index (χ0v) is 15.9. The summed E-state index contributed by atoms with van der Waals surface area (Å²) in [5.74, 6) is -1.85. The van der Waals surface area contributed by atoms with Crippen molar-refractivity contribution in [3.63, 3.8) is 0 Å². The number of carboxylic acids is 1. The molecule has 0 saturated heterocycles. The number of carbonyl (C=O) groups is 2. The topological polar surface area (TPSA) is 66.4 Å². The molecule has 1 aromatic heterocycles. The Labute approximate surface area is 156 Å². The van der Waals surface area contributed by atoms with Crippen LogP contribution in [0.2, 0.25) is 0 Å². The van der Waals surface area contributed by atoms with Crippen molar-refractivity contribution in [3.8, 4) is 0 Å². The number of amides is 1. The zero-order chi connectivity index (χ0) is 19.1. The molecule has 138 valence electrons. The van der Waals surface area contributed by atoms with Crippen molar-refractivity contribution >= 4 is 28.2 Å². The van der Waals surface area contributed by atoms with Gasteiger partial charge in [0.1, 0.15) is 10.8 Å². The molecule has 1 aliphatic carbocycles. The number of carboxylic acid groups (broad SMARTS) is 1. The van der Waals surface area contributed by atoms with Crippen molar-refractivity contribution < 1.29 is 19.1 Å². The highest BCUT2D eigenvalue weighted by Crippen LogP contribution is 2.44. The van der Waals surface area contributed by atoms with Crippen LogP contribution in [0, 0.1) is 17.2 Å². The first-order chi connectivity index (χ1) is 12.2. The molecule has 1 aromatic carbocycles. The highest BCUT2D eigenvalue weighted by molar-refractivity contribution is 7.17. The van der Waals surface area contributed by atoms with Crippen LogP contribution in [0.5, 0.6) is 0 Å². The van der Waals surface area contributed by atoms with E-state index in [1.165, 1.54) is 29.5 Å². The van der Waals surface area contributed by atoms with Gasteiger partial charge in [-0.3, -0.25) is 4.79 Å². The maximum atomic E-state index is 13.8. The second-order valence-electron chi connectivity index (χ2n) is 7.75. The summed E-state index contributed by atoms with van der Waals surface area (Å²) in [6.07, 6.45) is 2.42. The molecule has 0 unspecified atom stereocenters. The normalized spacial score (nSPS) is 16.8. The predicted molar refractivity (Wildman–Crippen MR) is 101 cm³/mol. The lowest BCUT2D eigenvalue weighted by Gasteiger charge is -2.33. The van der Waals surface area contributed by atoms with Crippen LogP contribution in [-0.2, 0) is 12.8 Å². The smallest absolute Gasteiger partial charge is 0.339 e. The Morgan fingerprint density at radius 1 is 1.27 bits per heavy atom. The highest BCUT2D eigenvalue weighted by atomic mass is 32.1. The molecule has 6 heteroatoms. The molecule has 0 saturated carbocycles. The van der Waals surface area contributed by atoms with E-state index in [2.05, 4.69) is 26.1 Å². The Morgan fingerprint density at radius 3 is 2.58 bits per heavy atom. The molecule has 4 nitrogen and oxygen atoms in total. The standard InChI is InChI=1S/C20H22FNO3S/c1-20(2,3)11-8-9-13-15(10-11)26-18(16(13)19(24)25)22-17(23)12-6-4-5-7-14(12)21/h4-7,11H,8-10H2,1-3H3,(H,22,23)(H,24,25)/t11-/m1/s1. The first-order valence-electron chi connectivity index (χ1n) is 8.62. The summed E-state index contributed by atoms with van der Waals surface area (Å²) < 4.78 is 13.8. The van der Waals surface area contributed by atoms with Gasteiger partial charge in [0.05, 0.1) is 11.1 Å². The lowest BCUT2D eigenvalue weighted by atomic mass is 9.72. The van der Waals surface area contributed by atoms with Crippen LogP contribution >= 0.6 is 11.3 Å². The van der Waals surface area contributed by atoms with E-state index in [-0.39, 0.29) is 16.5 Å². The van der Waals surface area contributed by atoms with E-state index < -0.39 is 17.7 Å². The average Bonchev–Trinajstić information content (AvgIpc) is 2.91. The van der Waals surface area contributed by atoms with E-state index in [9.17, 15) is 19.1 Å². The molecule has 1 atom stereocenters. The van der Waals surface area contributed by atoms with Crippen LogP contribution < -0.4 is 5.32 Å². The number of benzene rings is 1. The summed E-state index contributed by atoms with van der Waals surface area (Å²) in [6.45, 7) is 6.57. The van der Waals surface area contributed by atoms with Crippen molar-refractivity contribution in [2.45, 2.75) is 40.0 Å². The van der Waals surface area contributed by atoms with Gasteiger partial charge in [-0.05, 0) is 48.3 Å². The second-order valence-corrected chi connectivity index (χ2v) is 8.86. The minimum Gasteiger partial charge on any atom is -0.478 e. The first kappa shape index (κ1) is 18.6. The largest absolute Gasteiger partial charge is 0.478 e. The number of thiophene rings is 1. The minimum atomic E-state index is -1.06. The molecule has 0 fully saturated rings. The van der Waals surface area contributed by atoms with E-state index in [0.29, 0.717) is 17.3 Å². The van der Waals surface area contributed by atoms with Gasteiger partial charge in [0.25, 0.3) is 5.91 Å². The summed E-state index contributed by atoms with van der Waals surface area (Å²) in [5, 5.41) is 12.6. The van der Waals surface area contributed by atoms with Gasteiger partial charge in [-0.25, -0.2) is 9.18 Å². The van der Waals surface area contributed by atoms with Crippen LogP contribution in [0.4, 0.5) is 9.39 Å². The second kappa shape index (κ2) is 6.83. The Kier molecular flexibility index (Phi) is 4.88. The summed E-state index contributed by atoms with van der Waals surface area (Å²) in [4.78, 5) is 25.2. The number of hydrogen-bond acceptors (Lipinski definition) is 3. The summed E-state index contributed by atoms with van der Waals surface area (Å²) >= 11 is 1.30. The molecule has 1 aliphatic rings. The van der Waals surface area contributed by atoms with Crippen molar-refractivity contribution in [2.75, 3.05) is 5.32 Å². The van der Waals surface area contributed by atoms with Gasteiger partial charge in [0.15, 0.2) is 0 Å². The Bertz CT molecular complexity index is 866. The molecule has 0 bridgehead atoms. The third kappa shape index (κ3) is 3.51. The number of fused-ring (bicyclic) bond motifs is 1. The monoisotopic (exact) mass is 375 g/mol. The number of anilines is 1. The van der Waals surface area contributed by atoms with Crippen molar-refractivity contribution in [1.82, 2.24) is 0 Å². The molecule has 0 spiro atoms. The molecule has 1 heterocycles. The summed E-state index contributed by atoms with van der Waals surface area (Å²) in [7, 11) is 0. The highest BCUT2D eigenvalue weighted by Gasteiger charge is 2.34. The van der Waals surface area contributed by atoms with Crippen LogP contribution in [0.15, 0.2) is 24.3 Å². The molecule has 0 radical (unpaired) electrons. The third-order valence-electron chi connectivity index (χ3n) is 5.05. The van der Waals surface area contributed by atoms with E-state index >= 15 is 0 Å². The van der Waals surface area contributed by atoms with Gasteiger partial charge in [-0.2, -0.15) is 0 Å². The summed E-state index contributed by atoms with van der Waals surface area (Å²) in [5.41, 5.74) is 1.01. The average molecular weight is 375 g/mol. The van der Waals surface area contributed by atoms with Gasteiger partial charge in [-0.15, -0.1) is 11.3 Å². The van der Waals surface area contributed by atoms with E-state index in [1.807, 2.05) is 0 Å². The fraction of sp³-hybridized carbons (Fsp3) is 0.400. The predicted octanol–water partition coefficient (Wildman–Crippen LogP) is 4.99. The molecule has 2 N–H and O–H groups in total. The number of hydrogen-bond donors (Lipinski definition) is 2. The fourth-order valence-electron chi connectivity index (χ4n) is 3.46. The molecule has 0 aliphatic heterocycles.